The van der Waals surface area contributed by atoms with Crippen molar-refractivity contribution in [1.29, 1.82) is 0 Å². The molecule has 0 radical (unpaired) electrons. The normalized spacial score (nSPS) is 22.8. The van der Waals surface area contributed by atoms with Gasteiger partial charge in [-0.1, -0.05) is 0 Å². The van der Waals surface area contributed by atoms with Gasteiger partial charge < -0.3 is 20.5 Å². The third kappa shape index (κ3) is 2.60. The van der Waals surface area contributed by atoms with Gasteiger partial charge in [-0.3, -0.25) is 4.79 Å². The van der Waals surface area contributed by atoms with Crippen molar-refractivity contribution in [2.75, 3.05) is 25.6 Å². The molecule has 0 bridgehead atoms. The van der Waals surface area contributed by atoms with Gasteiger partial charge in [0.25, 0.3) is 0 Å². The molecule has 2 unspecified atom stereocenters. The predicted molar refractivity (Wildman–Crippen MR) is 63.9 cm³/mol. The molecule has 1 fully saturated rings. The van der Waals surface area contributed by atoms with E-state index in [1.54, 1.807) is 0 Å². The van der Waals surface area contributed by atoms with Gasteiger partial charge in [0.15, 0.2) is 0 Å². The Morgan fingerprint density at radius 1 is 1.56 bits per heavy atom. The van der Waals surface area contributed by atoms with Crippen LogP contribution < -0.4 is 15.8 Å². The Morgan fingerprint density at radius 3 is 2.94 bits per heavy atom. The van der Waals surface area contributed by atoms with E-state index >= 15 is 0 Å². The fraction of sp³-hybridized carbons (Fsp3) is 0.417. The molecule has 1 saturated heterocycles. The maximum Gasteiger partial charge on any atom is 0.231 e. The van der Waals surface area contributed by atoms with Crippen LogP contribution in [0, 0.1) is 11.7 Å². The van der Waals surface area contributed by atoms with Gasteiger partial charge in [0.05, 0.1) is 31.9 Å². The molecule has 18 heavy (non-hydrogen) atoms. The summed E-state index contributed by atoms with van der Waals surface area (Å²) in [5.74, 6) is -0.835. The van der Waals surface area contributed by atoms with Crippen molar-refractivity contribution in [1.82, 2.24) is 0 Å². The van der Waals surface area contributed by atoms with Gasteiger partial charge in [-0.2, -0.15) is 0 Å². The molecule has 3 N–H and O–H groups in total. The van der Waals surface area contributed by atoms with Crippen LogP contribution >= 0.6 is 0 Å². The molecule has 5 nitrogen and oxygen atoms in total. The monoisotopic (exact) mass is 254 g/mol. The number of nitrogens with one attached hydrogen (secondary N) is 1. The minimum Gasteiger partial charge on any atom is -0.497 e. The molecule has 0 aromatic heterocycles. The van der Waals surface area contributed by atoms with Crippen molar-refractivity contribution < 1.29 is 18.7 Å². The molecule has 0 spiro atoms. The van der Waals surface area contributed by atoms with Gasteiger partial charge >= 0.3 is 0 Å². The average Bonchev–Trinajstić information content (AvgIpc) is 2.78. The molecule has 98 valence electrons. The number of methoxy groups -OCH3 is 1. The number of hydrogen-bond acceptors (Lipinski definition) is 4. The van der Waals surface area contributed by atoms with Crippen molar-refractivity contribution in [2.45, 2.75) is 6.04 Å². The molecule has 1 amide bonds. The first-order valence-electron chi connectivity index (χ1n) is 5.59. The number of hydrogen-bond donors (Lipinski definition) is 2. The van der Waals surface area contributed by atoms with Gasteiger partial charge in [-0.05, 0) is 12.1 Å². The zero-order valence-electron chi connectivity index (χ0n) is 9.98. The van der Waals surface area contributed by atoms with Gasteiger partial charge in [0.1, 0.15) is 11.6 Å². The lowest BCUT2D eigenvalue weighted by Gasteiger charge is -2.14. The fourth-order valence-corrected chi connectivity index (χ4v) is 1.79. The lowest BCUT2D eigenvalue weighted by atomic mass is 10.0. The second-order valence-corrected chi connectivity index (χ2v) is 4.14. The zero-order chi connectivity index (χ0) is 13.1. The van der Waals surface area contributed by atoms with E-state index in [-0.39, 0.29) is 24.2 Å². The van der Waals surface area contributed by atoms with E-state index in [2.05, 4.69) is 5.32 Å². The maximum atomic E-state index is 13.5. The van der Waals surface area contributed by atoms with Gasteiger partial charge in [0.2, 0.25) is 5.91 Å². The molecule has 1 aliphatic rings. The number of ether oxygens (including phenoxy) is 2. The van der Waals surface area contributed by atoms with Crippen molar-refractivity contribution in [3.8, 4) is 5.75 Å². The first kappa shape index (κ1) is 12.8. The molecule has 2 atom stereocenters. The lowest BCUT2D eigenvalue weighted by molar-refractivity contribution is -0.120. The number of anilines is 1. The van der Waals surface area contributed by atoms with Crippen molar-refractivity contribution >= 4 is 11.6 Å². The predicted octanol–water partition coefficient (Wildman–Crippen LogP) is 0.746. The summed E-state index contributed by atoms with van der Waals surface area (Å²) in [6, 6.07) is 3.79. The first-order chi connectivity index (χ1) is 8.61. The van der Waals surface area contributed by atoms with Crippen molar-refractivity contribution in [2.24, 2.45) is 11.7 Å². The summed E-state index contributed by atoms with van der Waals surface area (Å²) >= 11 is 0. The standard InChI is InChI=1S/C12H15FN2O3/c1-17-7-2-3-9(13)11(4-7)15-12(16)8-5-18-6-10(8)14/h2-4,8,10H,5-6,14H2,1H3,(H,15,16). The largest absolute Gasteiger partial charge is 0.497 e. The van der Waals surface area contributed by atoms with Crippen molar-refractivity contribution in [3.05, 3.63) is 24.0 Å². The summed E-state index contributed by atoms with van der Waals surface area (Å²) in [5.41, 5.74) is 5.81. The number of halogens is 1. The van der Waals surface area contributed by atoms with Crippen LogP contribution in [0.4, 0.5) is 10.1 Å². The van der Waals surface area contributed by atoms with Crippen LogP contribution in [-0.4, -0.2) is 32.3 Å². The van der Waals surface area contributed by atoms with E-state index in [4.69, 9.17) is 15.2 Å². The summed E-state index contributed by atoms with van der Waals surface area (Å²) in [5, 5.41) is 2.50. The molecule has 1 aliphatic heterocycles. The smallest absolute Gasteiger partial charge is 0.231 e. The van der Waals surface area contributed by atoms with Gasteiger partial charge in [0, 0.05) is 12.1 Å². The quantitative estimate of drug-likeness (QED) is 0.834. The van der Waals surface area contributed by atoms with Crippen LogP contribution in [0.2, 0.25) is 0 Å². The number of nitrogens with two attached hydrogens (primary N) is 1. The molecule has 1 aromatic rings. The van der Waals surface area contributed by atoms with E-state index < -0.39 is 11.7 Å². The number of carbonyl (C=O) groups excluding carboxylic acids is 1. The Hall–Kier alpha value is -1.66. The molecule has 6 heteroatoms. The van der Waals surface area contributed by atoms with E-state index in [0.29, 0.717) is 12.4 Å². The number of rotatable bonds is 3. The van der Waals surface area contributed by atoms with Crippen LogP contribution in [-0.2, 0) is 9.53 Å². The summed E-state index contributed by atoms with van der Waals surface area (Å²) < 4.78 is 23.6. The number of carbonyl (C=O) groups is 1. The topological polar surface area (TPSA) is 73.6 Å². The zero-order valence-corrected chi connectivity index (χ0v) is 9.98. The molecule has 1 aromatic carbocycles. The van der Waals surface area contributed by atoms with Gasteiger partial charge in [-0.25, -0.2) is 4.39 Å². The SMILES string of the molecule is COc1ccc(F)c(NC(=O)C2COCC2N)c1. The molecular formula is C12H15FN2O3. The van der Waals surface area contributed by atoms with Crippen LogP contribution in [0.25, 0.3) is 0 Å². The minimum atomic E-state index is -0.517. The summed E-state index contributed by atoms with van der Waals surface area (Å²) in [4.78, 5) is 11.9. The van der Waals surface area contributed by atoms with E-state index in [1.807, 2.05) is 0 Å². The Labute approximate surface area is 104 Å². The number of amides is 1. The minimum absolute atomic E-state index is 0.0819. The molecular weight excluding hydrogens is 239 g/mol. The third-order valence-corrected chi connectivity index (χ3v) is 2.89. The van der Waals surface area contributed by atoms with E-state index in [9.17, 15) is 9.18 Å². The highest BCUT2D eigenvalue weighted by Gasteiger charge is 2.31. The second-order valence-electron chi connectivity index (χ2n) is 4.14. The summed E-state index contributed by atoms with van der Waals surface area (Å²) in [7, 11) is 1.47. The molecule has 1 heterocycles. The molecule has 2 rings (SSSR count). The van der Waals surface area contributed by atoms with Crippen LogP contribution in [0.1, 0.15) is 0 Å². The average molecular weight is 254 g/mol. The Balaban J connectivity index is 2.11. The van der Waals surface area contributed by atoms with E-state index in [1.165, 1.54) is 25.3 Å². The van der Waals surface area contributed by atoms with Gasteiger partial charge in [-0.15, -0.1) is 0 Å². The Bertz CT molecular complexity index is 453. The van der Waals surface area contributed by atoms with Crippen LogP contribution in [0.3, 0.4) is 0 Å². The lowest BCUT2D eigenvalue weighted by Crippen LogP contribution is -2.37. The first-order valence-corrected chi connectivity index (χ1v) is 5.59. The highest BCUT2D eigenvalue weighted by Crippen LogP contribution is 2.22. The highest BCUT2D eigenvalue weighted by atomic mass is 19.1. The van der Waals surface area contributed by atoms with E-state index in [0.717, 1.165) is 0 Å². The third-order valence-electron chi connectivity index (χ3n) is 2.89. The summed E-state index contributed by atoms with van der Waals surface area (Å²) in [6.45, 7) is 0.608. The maximum absolute atomic E-state index is 13.5. The fourth-order valence-electron chi connectivity index (χ4n) is 1.79. The summed E-state index contributed by atoms with van der Waals surface area (Å²) in [6.07, 6.45) is 0. The Morgan fingerprint density at radius 2 is 2.33 bits per heavy atom. The highest BCUT2D eigenvalue weighted by molar-refractivity contribution is 5.93. The number of benzene rings is 1. The second kappa shape index (κ2) is 5.32. The Kier molecular flexibility index (Phi) is 3.78. The van der Waals surface area contributed by atoms with Crippen LogP contribution in [0.5, 0.6) is 5.75 Å². The van der Waals surface area contributed by atoms with Crippen molar-refractivity contribution in [3.63, 3.8) is 0 Å². The molecule has 0 saturated carbocycles. The van der Waals surface area contributed by atoms with Crippen LogP contribution in [0.15, 0.2) is 18.2 Å². The molecule has 0 aliphatic carbocycles.